The van der Waals surface area contributed by atoms with Crippen molar-refractivity contribution in [2.45, 2.75) is 51.7 Å². The SMILES string of the molecule is COc1ccc(-n2c(C)nnc2SCC(=O)NC(C)CCC(C)C)cc1. The minimum atomic E-state index is 0.0215. The average molecular weight is 377 g/mol. The maximum atomic E-state index is 12.2. The van der Waals surface area contributed by atoms with Crippen LogP contribution in [0.25, 0.3) is 5.69 Å². The number of hydrogen-bond donors (Lipinski definition) is 1. The van der Waals surface area contributed by atoms with Gasteiger partial charge in [-0.05, 0) is 56.9 Å². The lowest BCUT2D eigenvalue weighted by molar-refractivity contribution is -0.119. The fourth-order valence-corrected chi connectivity index (χ4v) is 3.38. The summed E-state index contributed by atoms with van der Waals surface area (Å²) in [4.78, 5) is 12.2. The van der Waals surface area contributed by atoms with E-state index in [2.05, 4.69) is 36.3 Å². The van der Waals surface area contributed by atoms with Gasteiger partial charge in [0.05, 0.1) is 12.9 Å². The number of carbonyl (C=O) groups excluding carboxylic acids is 1. The predicted octanol–water partition coefficient (Wildman–Crippen LogP) is 3.62. The Hall–Kier alpha value is -2.02. The van der Waals surface area contributed by atoms with E-state index in [9.17, 15) is 4.79 Å². The van der Waals surface area contributed by atoms with E-state index in [1.54, 1.807) is 7.11 Å². The molecule has 1 N–H and O–H groups in total. The van der Waals surface area contributed by atoms with E-state index in [1.807, 2.05) is 35.8 Å². The summed E-state index contributed by atoms with van der Waals surface area (Å²) in [6.07, 6.45) is 2.11. The van der Waals surface area contributed by atoms with E-state index in [1.165, 1.54) is 11.8 Å². The number of rotatable bonds is 9. The van der Waals surface area contributed by atoms with E-state index >= 15 is 0 Å². The Balaban J connectivity index is 1.97. The first kappa shape index (κ1) is 20.3. The minimum Gasteiger partial charge on any atom is -0.497 e. The van der Waals surface area contributed by atoms with Crippen LogP contribution in [0, 0.1) is 12.8 Å². The van der Waals surface area contributed by atoms with Gasteiger partial charge in [-0.15, -0.1) is 10.2 Å². The van der Waals surface area contributed by atoms with Gasteiger partial charge in [0.25, 0.3) is 0 Å². The lowest BCUT2D eigenvalue weighted by Gasteiger charge is -2.15. The monoisotopic (exact) mass is 376 g/mol. The molecule has 0 saturated carbocycles. The van der Waals surface area contributed by atoms with E-state index in [0.29, 0.717) is 16.8 Å². The topological polar surface area (TPSA) is 69.0 Å². The van der Waals surface area contributed by atoms with Crippen molar-refractivity contribution < 1.29 is 9.53 Å². The van der Waals surface area contributed by atoms with Crippen LogP contribution in [0.15, 0.2) is 29.4 Å². The molecule has 2 aromatic rings. The fourth-order valence-electron chi connectivity index (χ4n) is 2.57. The van der Waals surface area contributed by atoms with E-state index in [0.717, 1.165) is 30.1 Å². The van der Waals surface area contributed by atoms with Crippen molar-refractivity contribution in [2.75, 3.05) is 12.9 Å². The van der Waals surface area contributed by atoms with Gasteiger partial charge in [-0.3, -0.25) is 9.36 Å². The number of amides is 1. The standard InChI is InChI=1S/C19H28N4O2S/c1-13(2)6-7-14(3)20-18(24)12-26-19-22-21-15(4)23(19)16-8-10-17(25-5)11-9-16/h8-11,13-14H,6-7,12H2,1-5H3,(H,20,24). The first-order valence-corrected chi connectivity index (χ1v) is 9.88. The molecule has 26 heavy (non-hydrogen) atoms. The van der Waals surface area contributed by atoms with Crippen LogP contribution in [0.5, 0.6) is 5.75 Å². The number of carbonyl (C=O) groups is 1. The highest BCUT2D eigenvalue weighted by Gasteiger charge is 2.14. The number of benzene rings is 1. The zero-order valence-corrected chi connectivity index (χ0v) is 17.0. The Morgan fingerprint density at radius 1 is 1.19 bits per heavy atom. The fraction of sp³-hybridized carbons (Fsp3) is 0.526. The lowest BCUT2D eigenvalue weighted by atomic mass is 10.0. The molecule has 0 aliphatic carbocycles. The summed E-state index contributed by atoms with van der Waals surface area (Å²) in [5.74, 6) is 2.56. The van der Waals surface area contributed by atoms with Crippen LogP contribution in [0.2, 0.25) is 0 Å². The van der Waals surface area contributed by atoms with Crippen LogP contribution >= 0.6 is 11.8 Å². The van der Waals surface area contributed by atoms with Gasteiger partial charge in [-0.1, -0.05) is 25.6 Å². The van der Waals surface area contributed by atoms with Crippen LogP contribution in [0.1, 0.15) is 39.4 Å². The lowest BCUT2D eigenvalue weighted by Crippen LogP contribution is -2.34. The van der Waals surface area contributed by atoms with Gasteiger partial charge in [0.1, 0.15) is 11.6 Å². The molecule has 1 unspecified atom stereocenters. The molecule has 1 aromatic carbocycles. The third-order valence-electron chi connectivity index (χ3n) is 4.04. The number of methoxy groups -OCH3 is 1. The Morgan fingerprint density at radius 2 is 1.88 bits per heavy atom. The van der Waals surface area contributed by atoms with Crippen molar-refractivity contribution in [1.82, 2.24) is 20.1 Å². The molecule has 1 atom stereocenters. The highest BCUT2D eigenvalue weighted by Crippen LogP contribution is 2.23. The summed E-state index contributed by atoms with van der Waals surface area (Å²) in [6.45, 7) is 8.34. The minimum absolute atomic E-state index is 0.0215. The van der Waals surface area contributed by atoms with Crippen molar-refractivity contribution in [3.05, 3.63) is 30.1 Å². The van der Waals surface area contributed by atoms with Gasteiger partial charge in [0.2, 0.25) is 5.91 Å². The zero-order chi connectivity index (χ0) is 19.1. The smallest absolute Gasteiger partial charge is 0.230 e. The van der Waals surface area contributed by atoms with Crippen molar-refractivity contribution in [2.24, 2.45) is 5.92 Å². The van der Waals surface area contributed by atoms with Gasteiger partial charge >= 0.3 is 0 Å². The summed E-state index contributed by atoms with van der Waals surface area (Å²) in [5.41, 5.74) is 0.946. The molecule has 0 aliphatic heterocycles. The molecule has 0 spiro atoms. The average Bonchev–Trinajstić information content (AvgIpc) is 2.99. The van der Waals surface area contributed by atoms with E-state index in [-0.39, 0.29) is 11.9 Å². The molecule has 0 saturated heterocycles. The van der Waals surface area contributed by atoms with Crippen molar-refractivity contribution in [1.29, 1.82) is 0 Å². The number of aromatic nitrogens is 3. The zero-order valence-electron chi connectivity index (χ0n) is 16.2. The maximum absolute atomic E-state index is 12.2. The largest absolute Gasteiger partial charge is 0.497 e. The molecule has 2 rings (SSSR count). The second-order valence-electron chi connectivity index (χ2n) is 6.79. The molecule has 0 aliphatic rings. The third kappa shape index (κ3) is 5.76. The summed E-state index contributed by atoms with van der Waals surface area (Å²) < 4.78 is 7.14. The molecular formula is C19H28N4O2S. The summed E-state index contributed by atoms with van der Waals surface area (Å²) >= 11 is 1.39. The predicted molar refractivity (Wildman–Crippen MR) is 105 cm³/mol. The van der Waals surface area contributed by atoms with Gasteiger partial charge in [0, 0.05) is 11.7 Å². The highest BCUT2D eigenvalue weighted by molar-refractivity contribution is 7.99. The number of nitrogens with zero attached hydrogens (tertiary/aromatic N) is 3. The second-order valence-corrected chi connectivity index (χ2v) is 7.73. The first-order chi connectivity index (χ1) is 12.4. The van der Waals surface area contributed by atoms with Gasteiger partial charge in [0.15, 0.2) is 5.16 Å². The summed E-state index contributed by atoms with van der Waals surface area (Å²) in [6, 6.07) is 7.88. The summed E-state index contributed by atoms with van der Waals surface area (Å²) in [7, 11) is 1.64. The van der Waals surface area contributed by atoms with Crippen molar-refractivity contribution in [3.8, 4) is 11.4 Å². The van der Waals surface area contributed by atoms with Crippen LogP contribution in [0.3, 0.4) is 0 Å². The Labute approximate surface area is 159 Å². The van der Waals surface area contributed by atoms with Crippen molar-refractivity contribution >= 4 is 17.7 Å². The Morgan fingerprint density at radius 3 is 2.50 bits per heavy atom. The summed E-state index contributed by atoms with van der Waals surface area (Å²) in [5, 5.41) is 12.1. The van der Waals surface area contributed by atoms with Crippen molar-refractivity contribution in [3.63, 3.8) is 0 Å². The first-order valence-electron chi connectivity index (χ1n) is 8.89. The van der Waals surface area contributed by atoms with Gasteiger partial charge < -0.3 is 10.1 Å². The molecule has 7 heteroatoms. The highest BCUT2D eigenvalue weighted by atomic mass is 32.2. The number of aryl methyl sites for hydroxylation is 1. The molecular weight excluding hydrogens is 348 g/mol. The number of thioether (sulfide) groups is 1. The van der Waals surface area contributed by atoms with Crippen LogP contribution < -0.4 is 10.1 Å². The third-order valence-corrected chi connectivity index (χ3v) is 4.97. The number of nitrogens with one attached hydrogen (secondary N) is 1. The van der Waals surface area contributed by atoms with E-state index in [4.69, 9.17) is 4.74 Å². The second kappa shape index (κ2) is 9.62. The van der Waals surface area contributed by atoms with E-state index < -0.39 is 0 Å². The molecule has 6 nitrogen and oxygen atoms in total. The molecule has 1 amide bonds. The van der Waals surface area contributed by atoms with Crippen LogP contribution in [-0.2, 0) is 4.79 Å². The molecule has 1 heterocycles. The normalized spacial score (nSPS) is 12.2. The van der Waals surface area contributed by atoms with Gasteiger partial charge in [-0.2, -0.15) is 0 Å². The molecule has 1 aromatic heterocycles. The molecule has 0 radical (unpaired) electrons. The van der Waals surface area contributed by atoms with Gasteiger partial charge in [-0.25, -0.2) is 0 Å². The Kier molecular flexibility index (Phi) is 7.50. The molecule has 142 valence electrons. The maximum Gasteiger partial charge on any atom is 0.230 e. The molecule has 0 fully saturated rings. The van der Waals surface area contributed by atoms with Crippen LogP contribution in [0.4, 0.5) is 0 Å². The quantitative estimate of drug-likeness (QED) is 0.677. The number of hydrogen-bond acceptors (Lipinski definition) is 5. The Bertz CT molecular complexity index is 713. The number of ether oxygens (including phenoxy) is 1. The van der Waals surface area contributed by atoms with Crippen LogP contribution in [-0.4, -0.2) is 39.6 Å². The molecule has 0 bridgehead atoms.